The van der Waals surface area contributed by atoms with E-state index in [1.165, 1.54) is 11.6 Å². The Morgan fingerprint density at radius 3 is 2.40 bits per heavy atom. The predicted octanol–water partition coefficient (Wildman–Crippen LogP) is 4.73. The molecule has 110 valence electrons. The Kier molecular flexibility index (Phi) is 7.71. The third-order valence-electron chi connectivity index (χ3n) is 3.60. The van der Waals surface area contributed by atoms with E-state index in [1.54, 1.807) is 0 Å². The minimum Gasteiger partial charge on any atom is -0.332 e. The van der Waals surface area contributed by atoms with Gasteiger partial charge in [0, 0.05) is 6.54 Å². The van der Waals surface area contributed by atoms with Gasteiger partial charge in [-0.15, -0.1) is 0 Å². The van der Waals surface area contributed by atoms with Gasteiger partial charge in [0.25, 0.3) is 0 Å². The molecule has 0 aliphatic carbocycles. The SMILES string of the molecule is C=CC(=O)N(CCCC)C(CCCC)c1ccccc1. The van der Waals surface area contributed by atoms with Gasteiger partial charge in [0.1, 0.15) is 0 Å². The lowest BCUT2D eigenvalue weighted by Gasteiger charge is -2.31. The van der Waals surface area contributed by atoms with Gasteiger partial charge in [0.05, 0.1) is 6.04 Å². The van der Waals surface area contributed by atoms with Crippen molar-refractivity contribution in [1.82, 2.24) is 4.90 Å². The van der Waals surface area contributed by atoms with Gasteiger partial charge in [-0.3, -0.25) is 4.79 Å². The molecule has 1 amide bonds. The van der Waals surface area contributed by atoms with E-state index in [2.05, 4.69) is 32.6 Å². The molecule has 0 aliphatic rings. The summed E-state index contributed by atoms with van der Waals surface area (Å²) in [6, 6.07) is 10.5. The zero-order chi connectivity index (χ0) is 14.8. The standard InChI is InChI=1S/C18H27NO/c1-4-7-14-17(16-12-10-9-11-13-16)19(15-8-5-2)18(20)6-3/h6,9-13,17H,3-5,7-8,14-15H2,1-2H3. The number of hydrogen-bond donors (Lipinski definition) is 0. The van der Waals surface area contributed by atoms with E-state index in [9.17, 15) is 4.79 Å². The number of rotatable bonds is 9. The molecular weight excluding hydrogens is 246 g/mol. The molecule has 0 saturated heterocycles. The highest BCUT2D eigenvalue weighted by atomic mass is 16.2. The smallest absolute Gasteiger partial charge is 0.246 e. The van der Waals surface area contributed by atoms with Crippen LogP contribution in [-0.4, -0.2) is 17.4 Å². The lowest BCUT2D eigenvalue weighted by molar-refractivity contribution is -0.128. The molecule has 0 aromatic heterocycles. The van der Waals surface area contributed by atoms with Crippen molar-refractivity contribution in [3.63, 3.8) is 0 Å². The first-order valence-corrected chi connectivity index (χ1v) is 7.72. The topological polar surface area (TPSA) is 20.3 Å². The van der Waals surface area contributed by atoms with Crippen molar-refractivity contribution in [3.05, 3.63) is 48.6 Å². The number of amides is 1. The fourth-order valence-electron chi connectivity index (χ4n) is 2.44. The molecule has 20 heavy (non-hydrogen) atoms. The van der Waals surface area contributed by atoms with Crippen LogP contribution in [-0.2, 0) is 4.79 Å². The highest BCUT2D eigenvalue weighted by Crippen LogP contribution is 2.27. The molecule has 0 radical (unpaired) electrons. The molecule has 0 N–H and O–H groups in total. The molecular formula is C18H27NO. The Hall–Kier alpha value is -1.57. The van der Waals surface area contributed by atoms with E-state index in [4.69, 9.17) is 0 Å². The van der Waals surface area contributed by atoms with Gasteiger partial charge >= 0.3 is 0 Å². The predicted molar refractivity (Wildman–Crippen MR) is 85.5 cm³/mol. The van der Waals surface area contributed by atoms with Gasteiger partial charge in [-0.05, 0) is 24.5 Å². The van der Waals surface area contributed by atoms with Crippen LogP contribution in [0.25, 0.3) is 0 Å². The van der Waals surface area contributed by atoms with Crippen molar-refractivity contribution in [2.75, 3.05) is 6.54 Å². The molecule has 0 aliphatic heterocycles. The molecule has 0 spiro atoms. The molecule has 1 aromatic carbocycles. The number of nitrogens with zero attached hydrogens (tertiary/aromatic N) is 1. The van der Waals surface area contributed by atoms with Crippen LogP contribution in [0.1, 0.15) is 57.6 Å². The van der Waals surface area contributed by atoms with Crippen molar-refractivity contribution in [2.45, 2.75) is 52.0 Å². The van der Waals surface area contributed by atoms with Crippen molar-refractivity contribution in [1.29, 1.82) is 0 Å². The van der Waals surface area contributed by atoms with Crippen LogP contribution in [0.15, 0.2) is 43.0 Å². The Morgan fingerprint density at radius 2 is 1.85 bits per heavy atom. The first-order chi connectivity index (χ1) is 9.74. The van der Waals surface area contributed by atoms with Crippen molar-refractivity contribution >= 4 is 5.91 Å². The van der Waals surface area contributed by atoms with Crippen LogP contribution in [0.5, 0.6) is 0 Å². The van der Waals surface area contributed by atoms with E-state index < -0.39 is 0 Å². The molecule has 0 bridgehead atoms. The number of carbonyl (C=O) groups is 1. The second-order valence-electron chi connectivity index (χ2n) is 5.16. The molecule has 1 atom stereocenters. The number of hydrogen-bond acceptors (Lipinski definition) is 1. The summed E-state index contributed by atoms with van der Waals surface area (Å²) in [5, 5.41) is 0. The van der Waals surface area contributed by atoms with Gasteiger partial charge in [-0.25, -0.2) is 0 Å². The van der Waals surface area contributed by atoms with E-state index >= 15 is 0 Å². The molecule has 1 aromatic rings. The third-order valence-corrected chi connectivity index (χ3v) is 3.60. The molecule has 0 fully saturated rings. The highest BCUT2D eigenvalue weighted by Gasteiger charge is 2.22. The second-order valence-corrected chi connectivity index (χ2v) is 5.16. The maximum absolute atomic E-state index is 12.2. The number of unbranched alkanes of at least 4 members (excludes halogenated alkanes) is 2. The molecule has 0 saturated carbocycles. The van der Waals surface area contributed by atoms with E-state index in [0.29, 0.717) is 0 Å². The minimum atomic E-state index is 0.0448. The molecule has 1 rings (SSSR count). The lowest BCUT2D eigenvalue weighted by Crippen LogP contribution is -2.34. The van der Waals surface area contributed by atoms with Gasteiger partial charge in [0.2, 0.25) is 5.91 Å². The fraction of sp³-hybridized carbons (Fsp3) is 0.500. The summed E-state index contributed by atoms with van der Waals surface area (Å²) in [7, 11) is 0. The van der Waals surface area contributed by atoms with Crippen molar-refractivity contribution in [2.24, 2.45) is 0 Å². The first kappa shape index (κ1) is 16.5. The van der Waals surface area contributed by atoms with E-state index in [0.717, 1.165) is 38.6 Å². The molecule has 1 unspecified atom stereocenters. The number of carbonyl (C=O) groups excluding carboxylic acids is 1. The Balaban J connectivity index is 2.97. The largest absolute Gasteiger partial charge is 0.332 e. The van der Waals surface area contributed by atoms with Crippen molar-refractivity contribution in [3.8, 4) is 0 Å². The lowest BCUT2D eigenvalue weighted by atomic mass is 9.99. The van der Waals surface area contributed by atoms with Gasteiger partial charge in [0.15, 0.2) is 0 Å². The number of benzene rings is 1. The van der Waals surface area contributed by atoms with Crippen molar-refractivity contribution < 1.29 is 4.79 Å². The van der Waals surface area contributed by atoms with Crippen LogP contribution in [0.3, 0.4) is 0 Å². The summed E-state index contributed by atoms with van der Waals surface area (Å²) in [5.41, 5.74) is 1.23. The average molecular weight is 273 g/mol. The molecule has 2 heteroatoms. The highest BCUT2D eigenvalue weighted by molar-refractivity contribution is 5.87. The van der Waals surface area contributed by atoms with Crippen LogP contribution in [0.2, 0.25) is 0 Å². The fourth-order valence-corrected chi connectivity index (χ4v) is 2.44. The summed E-state index contributed by atoms with van der Waals surface area (Å²) in [6.07, 6.45) is 6.87. The Bertz CT molecular complexity index is 399. The third kappa shape index (κ3) is 4.84. The summed E-state index contributed by atoms with van der Waals surface area (Å²) < 4.78 is 0. The monoisotopic (exact) mass is 273 g/mol. The summed E-state index contributed by atoms with van der Waals surface area (Å²) in [5.74, 6) is 0.0448. The van der Waals surface area contributed by atoms with Crippen LogP contribution >= 0.6 is 0 Å². The van der Waals surface area contributed by atoms with Gasteiger partial charge in [-0.1, -0.05) is 70.0 Å². The summed E-state index contributed by atoms with van der Waals surface area (Å²) in [6.45, 7) is 8.81. The normalized spacial score (nSPS) is 11.9. The van der Waals surface area contributed by atoms with Gasteiger partial charge in [-0.2, -0.15) is 0 Å². The summed E-state index contributed by atoms with van der Waals surface area (Å²) >= 11 is 0. The summed E-state index contributed by atoms with van der Waals surface area (Å²) in [4.78, 5) is 14.2. The minimum absolute atomic E-state index is 0.0448. The van der Waals surface area contributed by atoms with Crippen LogP contribution in [0.4, 0.5) is 0 Å². The second kappa shape index (κ2) is 9.35. The van der Waals surface area contributed by atoms with E-state index in [1.807, 2.05) is 23.1 Å². The maximum atomic E-state index is 12.2. The Labute approximate surface area is 123 Å². The zero-order valence-corrected chi connectivity index (χ0v) is 12.8. The average Bonchev–Trinajstić information content (AvgIpc) is 2.50. The molecule has 2 nitrogen and oxygen atoms in total. The maximum Gasteiger partial charge on any atom is 0.246 e. The van der Waals surface area contributed by atoms with Gasteiger partial charge < -0.3 is 4.90 Å². The van der Waals surface area contributed by atoms with Crippen LogP contribution < -0.4 is 0 Å². The molecule has 0 heterocycles. The van der Waals surface area contributed by atoms with E-state index in [-0.39, 0.29) is 11.9 Å². The van der Waals surface area contributed by atoms with Crippen LogP contribution in [0, 0.1) is 0 Å². The first-order valence-electron chi connectivity index (χ1n) is 7.72. The quantitative estimate of drug-likeness (QED) is 0.595. The zero-order valence-electron chi connectivity index (χ0n) is 12.8. The Morgan fingerprint density at radius 1 is 1.20 bits per heavy atom.